The fraction of sp³-hybridized carbons (Fsp3) is 0.273. The van der Waals surface area contributed by atoms with Crippen LogP contribution >= 0.6 is 0 Å². The third kappa shape index (κ3) is 4.17. The first kappa shape index (κ1) is 14.2. The van der Waals surface area contributed by atoms with Crippen LogP contribution in [0, 0.1) is 6.92 Å². The summed E-state index contributed by atoms with van der Waals surface area (Å²) in [5.41, 5.74) is 0.973. The first-order valence-electron chi connectivity index (χ1n) is 5.00. The Labute approximate surface area is 105 Å². The average molecular weight is 271 g/mol. The van der Waals surface area contributed by atoms with Crippen molar-refractivity contribution in [2.24, 2.45) is 0 Å². The van der Waals surface area contributed by atoms with Crippen LogP contribution in [0.1, 0.15) is 15.9 Å². The molecule has 0 spiro atoms. The van der Waals surface area contributed by atoms with E-state index in [1.807, 2.05) is 0 Å². The van der Waals surface area contributed by atoms with E-state index in [2.05, 4.69) is 5.32 Å². The topological polar surface area (TPSA) is 101 Å². The van der Waals surface area contributed by atoms with Crippen LogP contribution < -0.4 is 5.32 Å². The first-order valence-corrected chi connectivity index (χ1v) is 7.06. The summed E-state index contributed by atoms with van der Waals surface area (Å²) < 4.78 is 21.9. The number of carboxylic acid groups (broad SMARTS) is 1. The van der Waals surface area contributed by atoms with Gasteiger partial charge in [-0.05, 0) is 24.6 Å². The molecule has 0 heterocycles. The molecule has 7 heteroatoms. The summed E-state index contributed by atoms with van der Waals surface area (Å²) in [4.78, 5) is 22.2. The van der Waals surface area contributed by atoms with Gasteiger partial charge in [-0.1, -0.05) is 6.07 Å². The number of aromatic carboxylic acids is 1. The lowest BCUT2D eigenvalue weighted by Gasteiger charge is -2.08. The summed E-state index contributed by atoms with van der Waals surface area (Å²) in [6.07, 6.45) is 0.951. The smallest absolute Gasteiger partial charge is 0.335 e. The Morgan fingerprint density at radius 1 is 1.33 bits per heavy atom. The maximum Gasteiger partial charge on any atom is 0.335 e. The van der Waals surface area contributed by atoms with E-state index in [1.165, 1.54) is 12.1 Å². The van der Waals surface area contributed by atoms with E-state index in [1.54, 1.807) is 13.0 Å². The summed E-state index contributed by atoms with van der Waals surface area (Å²) in [5, 5.41) is 11.2. The monoisotopic (exact) mass is 271 g/mol. The van der Waals surface area contributed by atoms with Gasteiger partial charge in [-0.3, -0.25) is 4.79 Å². The van der Waals surface area contributed by atoms with Gasteiger partial charge in [0.05, 0.1) is 5.56 Å². The van der Waals surface area contributed by atoms with E-state index in [4.69, 9.17) is 5.11 Å². The molecule has 1 aromatic carbocycles. The van der Waals surface area contributed by atoms with E-state index >= 15 is 0 Å². The number of sulfone groups is 1. The molecule has 0 atom stereocenters. The lowest BCUT2D eigenvalue weighted by Crippen LogP contribution is -2.22. The molecule has 2 N–H and O–H groups in total. The van der Waals surface area contributed by atoms with Crippen molar-refractivity contribution in [3.8, 4) is 0 Å². The van der Waals surface area contributed by atoms with E-state index in [9.17, 15) is 18.0 Å². The van der Waals surface area contributed by atoms with Gasteiger partial charge in [-0.25, -0.2) is 13.2 Å². The quantitative estimate of drug-likeness (QED) is 0.838. The SMILES string of the molecule is Cc1ccc(C(=O)O)cc1NC(=O)CS(C)(=O)=O. The van der Waals surface area contributed by atoms with E-state index in [0.29, 0.717) is 11.3 Å². The molecule has 18 heavy (non-hydrogen) atoms. The Bertz CT molecular complexity index is 591. The Kier molecular flexibility index (Phi) is 4.07. The second-order valence-corrected chi connectivity index (χ2v) is 6.09. The number of rotatable bonds is 4. The Hall–Kier alpha value is -1.89. The van der Waals surface area contributed by atoms with Crippen molar-refractivity contribution in [3.05, 3.63) is 29.3 Å². The molecule has 0 radical (unpaired) electrons. The van der Waals surface area contributed by atoms with Crippen molar-refractivity contribution in [2.75, 3.05) is 17.3 Å². The van der Waals surface area contributed by atoms with Gasteiger partial charge in [0.2, 0.25) is 5.91 Å². The maximum absolute atomic E-state index is 11.4. The molecule has 0 aliphatic rings. The predicted octanol–water partition coefficient (Wildman–Crippen LogP) is 0.676. The highest BCUT2D eigenvalue weighted by atomic mass is 32.2. The summed E-state index contributed by atoms with van der Waals surface area (Å²) in [6, 6.07) is 4.24. The van der Waals surface area contributed by atoms with Crippen LogP contribution in [0.5, 0.6) is 0 Å². The summed E-state index contributed by atoms with van der Waals surface area (Å²) in [5.74, 6) is -2.44. The molecule has 0 fully saturated rings. The number of nitrogens with one attached hydrogen (secondary N) is 1. The molecular weight excluding hydrogens is 258 g/mol. The number of carbonyl (C=O) groups excluding carboxylic acids is 1. The fourth-order valence-corrected chi connectivity index (χ4v) is 1.86. The molecule has 0 saturated carbocycles. The number of benzene rings is 1. The van der Waals surface area contributed by atoms with Crippen LogP contribution in [-0.4, -0.2) is 37.4 Å². The van der Waals surface area contributed by atoms with Crippen molar-refractivity contribution in [1.82, 2.24) is 0 Å². The van der Waals surface area contributed by atoms with Gasteiger partial charge in [0.25, 0.3) is 0 Å². The maximum atomic E-state index is 11.4. The van der Waals surface area contributed by atoms with Crippen molar-refractivity contribution in [3.63, 3.8) is 0 Å². The molecule has 0 aliphatic heterocycles. The van der Waals surface area contributed by atoms with Crippen LogP contribution in [0.4, 0.5) is 5.69 Å². The summed E-state index contributed by atoms with van der Waals surface area (Å²) >= 11 is 0. The second-order valence-electron chi connectivity index (χ2n) is 3.95. The standard InChI is InChI=1S/C11H13NO5S/c1-7-3-4-8(11(14)15)5-9(7)12-10(13)6-18(2,16)17/h3-5H,6H2,1-2H3,(H,12,13)(H,14,15). The third-order valence-corrected chi connectivity index (χ3v) is 2.94. The van der Waals surface area contributed by atoms with Crippen molar-refractivity contribution < 1.29 is 23.1 Å². The molecule has 0 unspecified atom stereocenters. The minimum Gasteiger partial charge on any atom is -0.478 e. The van der Waals surface area contributed by atoms with Crippen LogP contribution in [0.25, 0.3) is 0 Å². The number of aryl methyl sites for hydroxylation is 1. The molecule has 6 nitrogen and oxygen atoms in total. The highest BCUT2D eigenvalue weighted by molar-refractivity contribution is 7.91. The van der Waals surface area contributed by atoms with Gasteiger partial charge < -0.3 is 10.4 Å². The van der Waals surface area contributed by atoms with Crippen molar-refractivity contribution in [2.45, 2.75) is 6.92 Å². The number of hydrogen-bond acceptors (Lipinski definition) is 4. The fourth-order valence-electron chi connectivity index (χ4n) is 1.31. The van der Waals surface area contributed by atoms with Gasteiger partial charge in [0, 0.05) is 11.9 Å². The number of anilines is 1. The molecule has 0 aliphatic carbocycles. The van der Waals surface area contributed by atoms with Crippen LogP contribution in [-0.2, 0) is 14.6 Å². The second kappa shape index (κ2) is 5.18. The zero-order chi connectivity index (χ0) is 13.9. The highest BCUT2D eigenvalue weighted by Crippen LogP contribution is 2.17. The van der Waals surface area contributed by atoms with E-state index in [-0.39, 0.29) is 5.56 Å². The Balaban J connectivity index is 2.93. The minimum atomic E-state index is -3.41. The molecule has 1 amide bonds. The molecule has 98 valence electrons. The van der Waals surface area contributed by atoms with Gasteiger partial charge in [-0.2, -0.15) is 0 Å². The van der Waals surface area contributed by atoms with E-state index in [0.717, 1.165) is 6.26 Å². The third-order valence-electron chi connectivity index (χ3n) is 2.15. The van der Waals surface area contributed by atoms with Crippen LogP contribution in [0.15, 0.2) is 18.2 Å². The summed E-state index contributed by atoms with van der Waals surface area (Å²) in [6.45, 7) is 1.68. The largest absolute Gasteiger partial charge is 0.478 e. The minimum absolute atomic E-state index is 0.0234. The lowest BCUT2D eigenvalue weighted by molar-refractivity contribution is -0.113. The van der Waals surface area contributed by atoms with Gasteiger partial charge in [0.15, 0.2) is 9.84 Å². The molecule has 1 rings (SSSR count). The van der Waals surface area contributed by atoms with Gasteiger partial charge in [0.1, 0.15) is 5.75 Å². The first-order chi connectivity index (χ1) is 8.19. The number of hydrogen-bond donors (Lipinski definition) is 2. The molecule has 0 saturated heterocycles. The molecule has 0 bridgehead atoms. The summed E-state index contributed by atoms with van der Waals surface area (Å²) in [7, 11) is -3.41. The average Bonchev–Trinajstić information content (AvgIpc) is 2.18. The molecule has 0 aromatic heterocycles. The highest BCUT2D eigenvalue weighted by Gasteiger charge is 2.13. The predicted molar refractivity (Wildman–Crippen MR) is 66.5 cm³/mol. The number of carboxylic acids is 1. The lowest BCUT2D eigenvalue weighted by atomic mass is 10.1. The van der Waals surface area contributed by atoms with Crippen molar-refractivity contribution in [1.29, 1.82) is 0 Å². The molecular formula is C11H13NO5S. The zero-order valence-corrected chi connectivity index (χ0v) is 10.7. The van der Waals surface area contributed by atoms with Crippen molar-refractivity contribution >= 4 is 27.4 Å². The molecule has 1 aromatic rings. The Morgan fingerprint density at radius 2 is 1.94 bits per heavy atom. The van der Waals surface area contributed by atoms with Gasteiger partial charge in [-0.15, -0.1) is 0 Å². The van der Waals surface area contributed by atoms with Crippen LogP contribution in [0.3, 0.4) is 0 Å². The zero-order valence-electron chi connectivity index (χ0n) is 9.93. The number of carbonyl (C=O) groups is 2. The number of amides is 1. The van der Waals surface area contributed by atoms with Gasteiger partial charge >= 0.3 is 5.97 Å². The van der Waals surface area contributed by atoms with Crippen LogP contribution in [0.2, 0.25) is 0 Å². The van der Waals surface area contributed by atoms with E-state index < -0.39 is 27.5 Å². The normalized spacial score (nSPS) is 11.0. The Morgan fingerprint density at radius 3 is 2.44 bits per heavy atom.